The highest BCUT2D eigenvalue weighted by Crippen LogP contribution is 2.35. The minimum atomic E-state index is -3.34. The van der Waals surface area contributed by atoms with Gasteiger partial charge in [-0.05, 0) is 36.3 Å². The number of aryl methyl sites for hydroxylation is 1. The van der Waals surface area contributed by atoms with E-state index in [1.165, 1.54) is 11.1 Å². The SMILES string of the molecule is O=S(=O)(Cl)CC[C@@H]1CCc2ccccc21. The van der Waals surface area contributed by atoms with E-state index in [2.05, 4.69) is 12.1 Å². The van der Waals surface area contributed by atoms with Gasteiger partial charge in [0.25, 0.3) is 0 Å². The summed E-state index contributed by atoms with van der Waals surface area (Å²) in [4.78, 5) is 0. The molecule has 0 saturated carbocycles. The molecule has 1 aliphatic rings. The Balaban J connectivity index is 2.08. The minimum absolute atomic E-state index is 0.0769. The highest BCUT2D eigenvalue weighted by atomic mass is 35.7. The molecule has 0 heterocycles. The standard InChI is InChI=1S/C11H13ClO2S/c12-15(13,14)8-7-10-6-5-9-3-1-2-4-11(9)10/h1-4,10H,5-8H2/t10-/m0/s1. The van der Waals surface area contributed by atoms with Crippen molar-refractivity contribution < 1.29 is 8.42 Å². The summed E-state index contributed by atoms with van der Waals surface area (Å²) in [5, 5.41) is 0. The van der Waals surface area contributed by atoms with E-state index in [1.807, 2.05) is 12.1 Å². The lowest BCUT2D eigenvalue weighted by atomic mass is 9.99. The van der Waals surface area contributed by atoms with E-state index in [0.29, 0.717) is 12.3 Å². The van der Waals surface area contributed by atoms with Crippen LogP contribution in [0.3, 0.4) is 0 Å². The van der Waals surface area contributed by atoms with E-state index in [1.54, 1.807) is 0 Å². The first kappa shape index (κ1) is 11.0. The molecule has 2 nitrogen and oxygen atoms in total. The van der Waals surface area contributed by atoms with E-state index < -0.39 is 9.05 Å². The number of benzene rings is 1. The molecular formula is C11H13ClO2S. The first-order valence-corrected chi connectivity index (χ1v) is 7.54. The summed E-state index contributed by atoms with van der Waals surface area (Å²) in [7, 11) is 1.87. The van der Waals surface area contributed by atoms with Crippen LogP contribution in [0.25, 0.3) is 0 Å². The van der Waals surface area contributed by atoms with Gasteiger partial charge in [-0.25, -0.2) is 8.42 Å². The van der Waals surface area contributed by atoms with Crippen LogP contribution in [0, 0.1) is 0 Å². The molecule has 0 unspecified atom stereocenters. The predicted molar refractivity (Wildman–Crippen MR) is 61.8 cm³/mol. The van der Waals surface area contributed by atoms with E-state index in [4.69, 9.17) is 10.7 Å². The molecule has 0 aliphatic heterocycles. The highest BCUT2D eigenvalue weighted by Gasteiger charge is 2.23. The zero-order chi connectivity index (χ0) is 10.9. The number of hydrogen-bond acceptors (Lipinski definition) is 2. The number of halogens is 1. The smallest absolute Gasteiger partial charge is 0.212 e. The first-order valence-electron chi connectivity index (χ1n) is 5.06. The maximum Gasteiger partial charge on any atom is 0.232 e. The van der Waals surface area contributed by atoms with Gasteiger partial charge in [0.15, 0.2) is 0 Å². The molecule has 1 aromatic carbocycles. The van der Waals surface area contributed by atoms with E-state index in [0.717, 1.165) is 12.8 Å². The quantitative estimate of drug-likeness (QED) is 0.767. The average Bonchev–Trinajstić information content (AvgIpc) is 2.57. The summed E-state index contributed by atoms with van der Waals surface area (Å²) in [5.41, 5.74) is 2.66. The molecule has 0 aromatic heterocycles. The second kappa shape index (κ2) is 4.14. The van der Waals surface area contributed by atoms with E-state index in [-0.39, 0.29) is 5.75 Å². The van der Waals surface area contributed by atoms with Gasteiger partial charge in [0, 0.05) is 10.7 Å². The molecule has 0 fully saturated rings. The lowest BCUT2D eigenvalue weighted by molar-refractivity contribution is 0.595. The third kappa shape index (κ3) is 2.73. The largest absolute Gasteiger partial charge is 0.232 e. The maximum atomic E-state index is 10.9. The Morgan fingerprint density at radius 2 is 2.07 bits per heavy atom. The average molecular weight is 245 g/mol. The van der Waals surface area contributed by atoms with Crippen LogP contribution in [-0.2, 0) is 15.5 Å². The highest BCUT2D eigenvalue weighted by molar-refractivity contribution is 8.13. The molecule has 1 aliphatic carbocycles. The van der Waals surface area contributed by atoms with Gasteiger partial charge in [0.1, 0.15) is 0 Å². The van der Waals surface area contributed by atoms with Crippen molar-refractivity contribution in [2.75, 3.05) is 5.75 Å². The van der Waals surface area contributed by atoms with Crippen LogP contribution in [0.1, 0.15) is 29.9 Å². The second-order valence-corrected chi connectivity index (χ2v) is 6.86. The summed E-state index contributed by atoms with van der Waals surface area (Å²) < 4.78 is 21.7. The molecule has 0 N–H and O–H groups in total. The molecule has 2 rings (SSSR count). The van der Waals surface area contributed by atoms with Gasteiger partial charge in [-0.15, -0.1) is 0 Å². The lowest BCUT2D eigenvalue weighted by Crippen LogP contribution is -2.03. The van der Waals surface area contributed by atoms with E-state index in [9.17, 15) is 8.42 Å². The number of fused-ring (bicyclic) bond motifs is 1. The topological polar surface area (TPSA) is 34.1 Å². The Kier molecular flexibility index (Phi) is 3.03. The Morgan fingerprint density at radius 1 is 1.33 bits per heavy atom. The van der Waals surface area contributed by atoms with Crippen molar-refractivity contribution in [3.05, 3.63) is 35.4 Å². The molecule has 82 valence electrons. The van der Waals surface area contributed by atoms with Gasteiger partial charge < -0.3 is 0 Å². The molecule has 0 radical (unpaired) electrons. The van der Waals surface area contributed by atoms with Crippen molar-refractivity contribution in [1.82, 2.24) is 0 Å². The minimum Gasteiger partial charge on any atom is -0.212 e. The molecule has 1 aromatic rings. The van der Waals surface area contributed by atoms with Crippen LogP contribution in [0.5, 0.6) is 0 Å². The molecule has 0 saturated heterocycles. The molecule has 15 heavy (non-hydrogen) atoms. The molecule has 1 atom stereocenters. The van der Waals surface area contributed by atoms with Crippen LogP contribution in [0.4, 0.5) is 0 Å². The third-order valence-corrected chi connectivity index (χ3v) is 4.15. The summed E-state index contributed by atoms with van der Waals surface area (Å²) >= 11 is 0. The summed E-state index contributed by atoms with van der Waals surface area (Å²) in [5.74, 6) is 0.447. The molecule has 4 heteroatoms. The van der Waals surface area contributed by atoms with Crippen molar-refractivity contribution >= 4 is 19.7 Å². The van der Waals surface area contributed by atoms with Gasteiger partial charge >= 0.3 is 0 Å². The van der Waals surface area contributed by atoms with Crippen molar-refractivity contribution in [2.24, 2.45) is 0 Å². The van der Waals surface area contributed by atoms with Crippen LogP contribution in [0.2, 0.25) is 0 Å². The number of hydrogen-bond donors (Lipinski definition) is 0. The van der Waals surface area contributed by atoms with Crippen LogP contribution in [-0.4, -0.2) is 14.2 Å². The molecular weight excluding hydrogens is 232 g/mol. The van der Waals surface area contributed by atoms with Crippen LogP contribution in [0.15, 0.2) is 24.3 Å². The van der Waals surface area contributed by atoms with Crippen molar-refractivity contribution in [3.63, 3.8) is 0 Å². The van der Waals surface area contributed by atoms with Gasteiger partial charge in [-0.3, -0.25) is 0 Å². The predicted octanol–water partition coefficient (Wildman–Crippen LogP) is 2.68. The van der Waals surface area contributed by atoms with Crippen LogP contribution < -0.4 is 0 Å². The lowest BCUT2D eigenvalue weighted by Gasteiger charge is -2.09. The number of rotatable bonds is 3. The summed E-state index contributed by atoms with van der Waals surface area (Å²) in [6.45, 7) is 0. The van der Waals surface area contributed by atoms with E-state index >= 15 is 0 Å². The zero-order valence-electron chi connectivity index (χ0n) is 8.32. The van der Waals surface area contributed by atoms with Gasteiger partial charge in [-0.2, -0.15) is 0 Å². The van der Waals surface area contributed by atoms with Crippen molar-refractivity contribution in [1.29, 1.82) is 0 Å². The fourth-order valence-electron chi connectivity index (χ4n) is 2.23. The Bertz CT molecular complexity index is 453. The Morgan fingerprint density at radius 3 is 2.80 bits per heavy atom. The van der Waals surface area contributed by atoms with Crippen molar-refractivity contribution in [3.8, 4) is 0 Å². The maximum absolute atomic E-state index is 10.9. The first-order chi connectivity index (χ1) is 7.06. The molecule has 0 bridgehead atoms. The molecule has 0 spiro atoms. The summed E-state index contributed by atoms with van der Waals surface area (Å²) in [6, 6.07) is 8.24. The monoisotopic (exact) mass is 244 g/mol. The van der Waals surface area contributed by atoms with Gasteiger partial charge in [-0.1, -0.05) is 24.3 Å². The van der Waals surface area contributed by atoms with Gasteiger partial charge in [0.2, 0.25) is 9.05 Å². The summed E-state index contributed by atoms with van der Waals surface area (Å²) in [6.07, 6.45) is 2.75. The van der Waals surface area contributed by atoms with Crippen LogP contribution >= 0.6 is 10.7 Å². The Labute approximate surface area is 94.7 Å². The Hall–Kier alpha value is -0.540. The van der Waals surface area contributed by atoms with Gasteiger partial charge in [0.05, 0.1) is 5.75 Å². The fraction of sp³-hybridized carbons (Fsp3) is 0.455. The third-order valence-electron chi connectivity index (χ3n) is 2.97. The normalized spacial score (nSPS) is 20.2. The molecule has 0 amide bonds. The zero-order valence-corrected chi connectivity index (χ0v) is 9.89. The second-order valence-electron chi connectivity index (χ2n) is 3.97. The fourth-order valence-corrected chi connectivity index (χ4v) is 3.06. The van der Waals surface area contributed by atoms with Crippen molar-refractivity contribution in [2.45, 2.75) is 25.2 Å².